The second-order valence-electron chi connectivity index (χ2n) is 6.34. The topological polar surface area (TPSA) is 67.2 Å². The summed E-state index contributed by atoms with van der Waals surface area (Å²) in [6, 6.07) is 8.04. The number of carbonyl (C=O) groups excluding carboxylic acids is 1. The van der Waals surface area contributed by atoms with E-state index in [1.54, 1.807) is 23.0 Å². The quantitative estimate of drug-likeness (QED) is 0.714. The van der Waals surface area contributed by atoms with Crippen LogP contribution in [0.2, 0.25) is 0 Å². The van der Waals surface area contributed by atoms with E-state index < -0.39 is 0 Å². The lowest BCUT2D eigenvalue weighted by molar-refractivity contribution is -0.127. The first-order valence-electron chi connectivity index (χ1n) is 8.55. The van der Waals surface area contributed by atoms with Gasteiger partial charge in [-0.1, -0.05) is 18.2 Å². The van der Waals surface area contributed by atoms with Gasteiger partial charge in [0.2, 0.25) is 5.91 Å². The fourth-order valence-electron chi connectivity index (χ4n) is 3.36. The molecule has 1 aliphatic rings. The number of carbonyl (C=O) groups is 1. The summed E-state index contributed by atoms with van der Waals surface area (Å²) in [5, 5.41) is 4.22. The van der Waals surface area contributed by atoms with E-state index >= 15 is 0 Å². The number of benzene rings is 1. The Labute approximate surface area is 149 Å². The highest BCUT2D eigenvalue weighted by molar-refractivity contribution is 7.25. The van der Waals surface area contributed by atoms with Crippen LogP contribution >= 0.6 is 11.3 Å². The van der Waals surface area contributed by atoms with Gasteiger partial charge in [-0.25, -0.2) is 4.98 Å². The molecule has 6 nitrogen and oxygen atoms in total. The van der Waals surface area contributed by atoms with Crippen LogP contribution in [0.25, 0.3) is 20.4 Å². The average molecular weight is 356 g/mol. The molecule has 3 heterocycles. The molecular weight excluding hydrogens is 336 g/mol. The first kappa shape index (κ1) is 16.1. The molecular formula is C18H20N4O2S. The van der Waals surface area contributed by atoms with Gasteiger partial charge in [-0.2, -0.15) is 0 Å². The standard InChI is InChI=1S/C18H20N4O2S/c1-21-15-12-6-2-3-7-13(12)25-17(15)20-16(18(21)24)19-9-5-11-22-10-4-8-14(22)23/h2-3,6-7H,4-5,8-11H2,1H3,(H,19,20). The molecule has 1 saturated heterocycles. The van der Waals surface area contributed by atoms with Gasteiger partial charge in [-0.3, -0.25) is 9.59 Å². The number of hydrogen-bond donors (Lipinski definition) is 1. The minimum absolute atomic E-state index is 0.117. The first-order chi connectivity index (χ1) is 12.1. The van der Waals surface area contributed by atoms with Crippen LogP contribution in [0.4, 0.5) is 5.82 Å². The van der Waals surface area contributed by atoms with Gasteiger partial charge in [0, 0.05) is 43.2 Å². The van der Waals surface area contributed by atoms with Crippen LogP contribution in [0, 0.1) is 0 Å². The number of aromatic nitrogens is 2. The minimum atomic E-state index is -0.117. The zero-order chi connectivity index (χ0) is 17.4. The average Bonchev–Trinajstić information content (AvgIpc) is 3.19. The molecule has 1 N–H and O–H groups in total. The van der Waals surface area contributed by atoms with Gasteiger partial charge in [-0.15, -0.1) is 11.3 Å². The molecule has 0 bridgehead atoms. The molecule has 0 atom stereocenters. The third kappa shape index (κ3) is 2.89. The number of hydrogen-bond acceptors (Lipinski definition) is 5. The van der Waals surface area contributed by atoms with Gasteiger partial charge in [0.25, 0.3) is 5.56 Å². The smallest absolute Gasteiger partial charge is 0.293 e. The zero-order valence-corrected chi connectivity index (χ0v) is 14.9. The van der Waals surface area contributed by atoms with Gasteiger partial charge in [0.05, 0.1) is 5.52 Å². The summed E-state index contributed by atoms with van der Waals surface area (Å²) in [5.74, 6) is 0.620. The van der Waals surface area contributed by atoms with Gasteiger partial charge in [0.1, 0.15) is 4.83 Å². The minimum Gasteiger partial charge on any atom is -0.365 e. The summed E-state index contributed by atoms with van der Waals surface area (Å²) < 4.78 is 2.80. The number of aryl methyl sites for hydroxylation is 1. The molecule has 1 aliphatic heterocycles. The van der Waals surface area contributed by atoms with Gasteiger partial charge < -0.3 is 14.8 Å². The molecule has 4 rings (SSSR count). The monoisotopic (exact) mass is 356 g/mol. The number of nitrogens with zero attached hydrogens (tertiary/aromatic N) is 3. The van der Waals surface area contributed by atoms with Crippen molar-refractivity contribution < 1.29 is 4.79 Å². The van der Waals surface area contributed by atoms with E-state index in [0.717, 1.165) is 46.4 Å². The molecule has 1 fully saturated rings. The van der Waals surface area contributed by atoms with Crippen molar-refractivity contribution in [3.8, 4) is 0 Å². The van der Waals surface area contributed by atoms with E-state index in [9.17, 15) is 9.59 Å². The Morgan fingerprint density at radius 3 is 2.92 bits per heavy atom. The van der Waals surface area contributed by atoms with Gasteiger partial charge in [0.15, 0.2) is 5.82 Å². The summed E-state index contributed by atoms with van der Waals surface area (Å²) in [7, 11) is 1.79. The summed E-state index contributed by atoms with van der Waals surface area (Å²) in [5.41, 5.74) is 0.770. The zero-order valence-electron chi connectivity index (χ0n) is 14.1. The third-order valence-corrected chi connectivity index (χ3v) is 5.73. The fraction of sp³-hybridized carbons (Fsp3) is 0.389. The normalized spacial score (nSPS) is 14.8. The lowest BCUT2D eigenvalue weighted by atomic mass is 10.2. The SMILES string of the molecule is Cn1c(=O)c(NCCCN2CCCC2=O)nc2sc3ccccc3c21. The Morgan fingerprint density at radius 2 is 2.12 bits per heavy atom. The maximum absolute atomic E-state index is 12.6. The van der Waals surface area contributed by atoms with Crippen molar-refractivity contribution in [1.82, 2.24) is 14.5 Å². The molecule has 0 saturated carbocycles. The fourth-order valence-corrected chi connectivity index (χ4v) is 4.47. The van der Waals surface area contributed by atoms with Crippen LogP contribution in [0.15, 0.2) is 29.1 Å². The summed E-state index contributed by atoms with van der Waals surface area (Å²) >= 11 is 1.59. The van der Waals surface area contributed by atoms with Crippen LogP contribution in [-0.4, -0.2) is 40.0 Å². The van der Waals surface area contributed by atoms with E-state index in [2.05, 4.69) is 10.3 Å². The molecule has 1 amide bonds. The number of amides is 1. The Morgan fingerprint density at radius 1 is 1.28 bits per heavy atom. The van der Waals surface area contributed by atoms with Crippen molar-refractivity contribution in [2.75, 3.05) is 25.0 Å². The number of thiophene rings is 1. The third-order valence-electron chi connectivity index (χ3n) is 4.68. The second-order valence-corrected chi connectivity index (χ2v) is 7.37. The molecule has 0 aliphatic carbocycles. The lowest BCUT2D eigenvalue weighted by Crippen LogP contribution is -2.28. The van der Waals surface area contributed by atoms with E-state index in [1.807, 2.05) is 29.2 Å². The summed E-state index contributed by atoms with van der Waals surface area (Å²) in [6.45, 7) is 2.21. The lowest BCUT2D eigenvalue weighted by Gasteiger charge is -2.15. The molecule has 0 radical (unpaired) electrons. The van der Waals surface area contributed by atoms with Crippen molar-refractivity contribution in [2.45, 2.75) is 19.3 Å². The highest BCUT2D eigenvalue weighted by atomic mass is 32.1. The van der Waals surface area contributed by atoms with E-state index in [0.29, 0.717) is 18.8 Å². The van der Waals surface area contributed by atoms with Crippen molar-refractivity contribution in [3.63, 3.8) is 0 Å². The predicted molar refractivity (Wildman–Crippen MR) is 101 cm³/mol. The second kappa shape index (κ2) is 6.48. The number of fused-ring (bicyclic) bond motifs is 3. The molecule has 130 valence electrons. The highest BCUT2D eigenvalue weighted by Gasteiger charge is 2.19. The van der Waals surface area contributed by atoms with Crippen molar-refractivity contribution >= 4 is 43.5 Å². The van der Waals surface area contributed by atoms with Crippen LogP contribution in [0.5, 0.6) is 0 Å². The Balaban J connectivity index is 1.53. The van der Waals surface area contributed by atoms with Crippen LogP contribution in [0.1, 0.15) is 19.3 Å². The Bertz CT molecular complexity index is 1010. The number of likely N-dealkylation sites (tertiary alicyclic amines) is 1. The van der Waals surface area contributed by atoms with Crippen molar-refractivity contribution in [3.05, 3.63) is 34.6 Å². The van der Waals surface area contributed by atoms with Crippen molar-refractivity contribution in [2.24, 2.45) is 7.05 Å². The summed E-state index contributed by atoms with van der Waals surface area (Å²) in [4.78, 5) is 31.5. The largest absolute Gasteiger partial charge is 0.365 e. The molecule has 0 spiro atoms. The molecule has 7 heteroatoms. The van der Waals surface area contributed by atoms with E-state index in [1.165, 1.54) is 0 Å². The maximum atomic E-state index is 12.6. The van der Waals surface area contributed by atoms with Crippen molar-refractivity contribution in [1.29, 1.82) is 0 Å². The summed E-state index contributed by atoms with van der Waals surface area (Å²) in [6.07, 6.45) is 2.43. The molecule has 2 aromatic heterocycles. The predicted octanol–water partition coefficient (Wildman–Crippen LogP) is 2.57. The molecule has 0 unspecified atom stereocenters. The number of anilines is 1. The van der Waals surface area contributed by atoms with Crippen LogP contribution in [-0.2, 0) is 11.8 Å². The Kier molecular flexibility index (Phi) is 4.17. The molecule has 3 aromatic rings. The molecule has 1 aromatic carbocycles. The van der Waals surface area contributed by atoms with Crippen LogP contribution in [0.3, 0.4) is 0 Å². The van der Waals surface area contributed by atoms with Crippen LogP contribution < -0.4 is 10.9 Å². The maximum Gasteiger partial charge on any atom is 0.293 e. The van der Waals surface area contributed by atoms with E-state index in [4.69, 9.17) is 0 Å². The van der Waals surface area contributed by atoms with Gasteiger partial charge >= 0.3 is 0 Å². The van der Waals surface area contributed by atoms with E-state index in [-0.39, 0.29) is 11.5 Å². The highest BCUT2D eigenvalue weighted by Crippen LogP contribution is 2.31. The number of nitrogens with one attached hydrogen (secondary N) is 1. The number of rotatable bonds is 5. The molecule has 25 heavy (non-hydrogen) atoms. The Hall–Kier alpha value is -2.41. The first-order valence-corrected chi connectivity index (χ1v) is 9.37. The van der Waals surface area contributed by atoms with Gasteiger partial charge in [-0.05, 0) is 18.9 Å².